The number of rotatable bonds is 4. The Morgan fingerprint density at radius 2 is 1.83 bits per heavy atom. The van der Waals surface area contributed by atoms with Crippen LogP contribution in [0.25, 0.3) is 0 Å². The lowest BCUT2D eigenvalue weighted by atomic mass is 10.1. The third-order valence-corrected chi connectivity index (χ3v) is 4.63. The smallest absolute Gasteiger partial charge is 0.255 e. The van der Waals surface area contributed by atoms with Crippen LogP contribution in [0.5, 0.6) is 0 Å². The second-order valence-corrected chi connectivity index (χ2v) is 6.34. The van der Waals surface area contributed by atoms with Gasteiger partial charge in [-0.25, -0.2) is 0 Å². The number of hydrogen-bond donors (Lipinski definition) is 1. The zero-order chi connectivity index (χ0) is 16.9. The Labute approximate surface area is 148 Å². The molecule has 0 radical (unpaired) electrons. The van der Waals surface area contributed by atoms with Crippen LogP contribution in [0.15, 0.2) is 48.5 Å². The lowest BCUT2D eigenvalue weighted by molar-refractivity contribution is 0.102. The van der Waals surface area contributed by atoms with Crippen LogP contribution >= 0.6 is 11.6 Å². The van der Waals surface area contributed by atoms with Crippen molar-refractivity contribution < 1.29 is 4.79 Å². The first-order valence-corrected chi connectivity index (χ1v) is 8.68. The molecule has 24 heavy (non-hydrogen) atoms. The number of para-hydroxylation sites is 2. The molecule has 4 nitrogen and oxygen atoms in total. The van der Waals surface area contributed by atoms with E-state index in [1.54, 1.807) is 24.3 Å². The average molecular weight is 344 g/mol. The number of nitrogens with zero attached hydrogens (tertiary/aromatic N) is 2. The number of hydrogen-bond acceptors (Lipinski definition) is 3. The molecule has 3 rings (SSSR count). The molecule has 1 amide bonds. The lowest BCUT2D eigenvalue weighted by Gasteiger charge is -2.36. The van der Waals surface area contributed by atoms with Gasteiger partial charge in [0.2, 0.25) is 0 Å². The molecule has 0 spiro atoms. The van der Waals surface area contributed by atoms with E-state index in [0.717, 1.165) is 44.1 Å². The maximum atomic E-state index is 12.5. The summed E-state index contributed by atoms with van der Waals surface area (Å²) in [7, 11) is 0. The highest BCUT2D eigenvalue weighted by molar-refractivity contribution is 6.31. The quantitative estimate of drug-likeness (QED) is 0.918. The predicted molar refractivity (Wildman–Crippen MR) is 100 cm³/mol. The molecule has 5 heteroatoms. The zero-order valence-electron chi connectivity index (χ0n) is 13.8. The van der Waals surface area contributed by atoms with Gasteiger partial charge in [-0.3, -0.25) is 4.79 Å². The van der Waals surface area contributed by atoms with Gasteiger partial charge >= 0.3 is 0 Å². The fraction of sp³-hybridized carbons (Fsp3) is 0.316. The summed E-state index contributed by atoms with van der Waals surface area (Å²) in [6, 6.07) is 15.0. The fourth-order valence-electron chi connectivity index (χ4n) is 2.98. The van der Waals surface area contributed by atoms with E-state index in [1.807, 2.05) is 18.2 Å². The SMILES string of the molecule is CCN1CCN(c2ccccc2NC(=O)c2cccc(Cl)c2)CC1. The molecule has 0 aliphatic carbocycles. The van der Waals surface area contributed by atoms with Crippen LogP contribution in [0.2, 0.25) is 5.02 Å². The normalized spacial score (nSPS) is 15.3. The molecule has 2 aromatic rings. The molecular weight excluding hydrogens is 322 g/mol. The first-order valence-electron chi connectivity index (χ1n) is 8.30. The minimum atomic E-state index is -0.142. The molecule has 1 saturated heterocycles. The van der Waals surface area contributed by atoms with Gasteiger partial charge in [0, 0.05) is 36.8 Å². The Balaban J connectivity index is 1.76. The molecule has 1 N–H and O–H groups in total. The molecular formula is C19H22ClN3O. The highest BCUT2D eigenvalue weighted by Gasteiger charge is 2.19. The van der Waals surface area contributed by atoms with Crippen LogP contribution in [0.1, 0.15) is 17.3 Å². The Morgan fingerprint density at radius 3 is 2.54 bits per heavy atom. The van der Waals surface area contributed by atoms with Gasteiger partial charge in [-0.05, 0) is 36.9 Å². The summed E-state index contributed by atoms with van der Waals surface area (Å²) in [6.45, 7) is 7.31. The van der Waals surface area contributed by atoms with Crippen LogP contribution in [0, 0.1) is 0 Å². The summed E-state index contributed by atoms with van der Waals surface area (Å²) in [6.07, 6.45) is 0. The van der Waals surface area contributed by atoms with E-state index in [4.69, 9.17) is 11.6 Å². The number of halogens is 1. The molecule has 0 bridgehead atoms. The largest absolute Gasteiger partial charge is 0.367 e. The van der Waals surface area contributed by atoms with E-state index in [-0.39, 0.29) is 5.91 Å². The first-order chi connectivity index (χ1) is 11.7. The van der Waals surface area contributed by atoms with Crippen LogP contribution in [0.3, 0.4) is 0 Å². The number of nitrogens with one attached hydrogen (secondary N) is 1. The third kappa shape index (κ3) is 3.89. The number of benzene rings is 2. The van der Waals surface area contributed by atoms with Gasteiger partial charge in [0.1, 0.15) is 0 Å². The van der Waals surface area contributed by atoms with Crippen molar-refractivity contribution >= 4 is 28.9 Å². The minimum Gasteiger partial charge on any atom is -0.367 e. The highest BCUT2D eigenvalue weighted by atomic mass is 35.5. The second kappa shape index (κ2) is 7.69. The van der Waals surface area contributed by atoms with Crippen molar-refractivity contribution in [2.45, 2.75) is 6.92 Å². The molecule has 1 fully saturated rings. The van der Waals surface area contributed by atoms with Crippen molar-refractivity contribution in [1.29, 1.82) is 0 Å². The van der Waals surface area contributed by atoms with E-state index in [0.29, 0.717) is 10.6 Å². The number of piperazine rings is 1. The maximum Gasteiger partial charge on any atom is 0.255 e. The molecule has 0 saturated carbocycles. The minimum absolute atomic E-state index is 0.142. The van der Waals surface area contributed by atoms with Gasteiger partial charge in [0.25, 0.3) is 5.91 Å². The zero-order valence-corrected chi connectivity index (χ0v) is 14.6. The summed E-state index contributed by atoms with van der Waals surface area (Å²) in [4.78, 5) is 17.3. The monoisotopic (exact) mass is 343 g/mol. The molecule has 0 unspecified atom stereocenters. The van der Waals surface area contributed by atoms with E-state index in [2.05, 4.69) is 28.1 Å². The predicted octanol–water partition coefficient (Wildman–Crippen LogP) is 3.73. The molecule has 0 aromatic heterocycles. The molecule has 126 valence electrons. The van der Waals surface area contributed by atoms with Gasteiger partial charge in [-0.1, -0.05) is 36.7 Å². The Kier molecular flexibility index (Phi) is 5.38. The summed E-state index contributed by atoms with van der Waals surface area (Å²) < 4.78 is 0. The van der Waals surface area contributed by atoms with Gasteiger partial charge in [-0.2, -0.15) is 0 Å². The number of carbonyl (C=O) groups excluding carboxylic acids is 1. The van der Waals surface area contributed by atoms with Crippen molar-refractivity contribution in [2.75, 3.05) is 42.9 Å². The lowest BCUT2D eigenvalue weighted by Crippen LogP contribution is -2.46. The Hall–Kier alpha value is -2.04. The average Bonchev–Trinajstić information content (AvgIpc) is 2.62. The number of anilines is 2. The highest BCUT2D eigenvalue weighted by Crippen LogP contribution is 2.27. The Bertz CT molecular complexity index is 711. The van der Waals surface area contributed by atoms with Crippen LogP contribution < -0.4 is 10.2 Å². The van der Waals surface area contributed by atoms with E-state index < -0.39 is 0 Å². The first kappa shape index (κ1) is 16.8. The summed E-state index contributed by atoms with van der Waals surface area (Å²) in [5.74, 6) is -0.142. The Morgan fingerprint density at radius 1 is 1.08 bits per heavy atom. The molecule has 2 aromatic carbocycles. The van der Waals surface area contributed by atoms with Crippen LogP contribution in [-0.4, -0.2) is 43.5 Å². The second-order valence-electron chi connectivity index (χ2n) is 5.90. The van der Waals surface area contributed by atoms with E-state index in [9.17, 15) is 4.79 Å². The van der Waals surface area contributed by atoms with Crippen molar-refractivity contribution in [1.82, 2.24) is 4.90 Å². The van der Waals surface area contributed by atoms with Crippen LogP contribution in [0.4, 0.5) is 11.4 Å². The topological polar surface area (TPSA) is 35.6 Å². The molecule has 0 atom stereocenters. The van der Waals surface area contributed by atoms with Crippen molar-refractivity contribution in [3.63, 3.8) is 0 Å². The van der Waals surface area contributed by atoms with Crippen molar-refractivity contribution in [2.24, 2.45) is 0 Å². The van der Waals surface area contributed by atoms with Gasteiger partial charge in [-0.15, -0.1) is 0 Å². The summed E-state index contributed by atoms with van der Waals surface area (Å²) >= 11 is 5.98. The third-order valence-electron chi connectivity index (χ3n) is 4.40. The van der Waals surface area contributed by atoms with E-state index in [1.165, 1.54) is 0 Å². The van der Waals surface area contributed by atoms with Crippen molar-refractivity contribution in [3.05, 3.63) is 59.1 Å². The van der Waals surface area contributed by atoms with Crippen LogP contribution in [-0.2, 0) is 0 Å². The van der Waals surface area contributed by atoms with Gasteiger partial charge in [0.05, 0.1) is 11.4 Å². The molecule has 1 aliphatic heterocycles. The van der Waals surface area contributed by atoms with E-state index >= 15 is 0 Å². The number of likely N-dealkylation sites (N-methyl/N-ethyl adjacent to an activating group) is 1. The summed E-state index contributed by atoms with van der Waals surface area (Å²) in [5.41, 5.74) is 2.48. The number of carbonyl (C=O) groups is 1. The molecule has 1 heterocycles. The van der Waals surface area contributed by atoms with Gasteiger partial charge < -0.3 is 15.1 Å². The molecule has 1 aliphatic rings. The summed E-state index contributed by atoms with van der Waals surface area (Å²) in [5, 5.41) is 3.59. The van der Waals surface area contributed by atoms with Crippen molar-refractivity contribution in [3.8, 4) is 0 Å². The standard InChI is InChI=1S/C19H22ClN3O/c1-2-22-10-12-23(13-11-22)18-9-4-3-8-17(18)21-19(24)15-6-5-7-16(20)14-15/h3-9,14H,2,10-13H2,1H3,(H,21,24). The number of amides is 1. The maximum absolute atomic E-state index is 12.5. The fourth-order valence-corrected chi connectivity index (χ4v) is 3.17. The van der Waals surface area contributed by atoms with Gasteiger partial charge in [0.15, 0.2) is 0 Å².